The van der Waals surface area contributed by atoms with Crippen LogP contribution in [0.15, 0.2) is 27.9 Å². The Balaban J connectivity index is 1.66. The maximum atomic E-state index is 5.47. The molecule has 0 radical (unpaired) electrons. The summed E-state index contributed by atoms with van der Waals surface area (Å²) in [6, 6.07) is 5.76. The van der Waals surface area contributed by atoms with Gasteiger partial charge < -0.3 is 14.8 Å². The maximum Gasteiger partial charge on any atom is 0.206 e. The SMILES string of the molecule is CCCNc1nnc(SCc2csc(-c3ccc(OC)cc3OC)n2)s1. The summed E-state index contributed by atoms with van der Waals surface area (Å²) >= 11 is 4.83. The van der Waals surface area contributed by atoms with Crippen molar-refractivity contribution in [2.24, 2.45) is 0 Å². The van der Waals surface area contributed by atoms with Crippen LogP contribution in [0.3, 0.4) is 0 Å². The third-order valence-electron chi connectivity index (χ3n) is 3.47. The fourth-order valence-electron chi connectivity index (χ4n) is 2.18. The van der Waals surface area contributed by atoms with Gasteiger partial charge in [-0.15, -0.1) is 21.5 Å². The summed E-state index contributed by atoms with van der Waals surface area (Å²) in [6.45, 7) is 3.04. The molecule has 0 saturated carbocycles. The first-order valence-corrected chi connectivity index (χ1v) is 10.8. The fourth-order valence-corrected chi connectivity index (χ4v) is 4.80. The van der Waals surface area contributed by atoms with E-state index in [0.29, 0.717) is 0 Å². The molecule has 1 N–H and O–H groups in total. The zero-order valence-corrected chi connectivity index (χ0v) is 17.3. The van der Waals surface area contributed by atoms with Crippen molar-refractivity contribution in [3.63, 3.8) is 0 Å². The molecule has 0 bridgehead atoms. The van der Waals surface area contributed by atoms with Gasteiger partial charge in [-0.25, -0.2) is 4.98 Å². The predicted octanol–water partition coefficient (Wildman–Crippen LogP) is 4.79. The first kappa shape index (κ1) is 18.9. The number of benzene rings is 1. The van der Waals surface area contributed by atoms with Crippen molar-refractivity contribution in [2.45, 2.75) is 23.4 Å². The van der Waals surface area contributed by atoms with E-state index >= 15 is 0 Å². The van der Waals surface area contributed by atoms with Gasteiger partial charge in [0.25, 0.3) is 0 Å². The number of anilines is 1. The van der Waals surface area contributed by atoms with Gasteiger partial charge in [0.2, 0.25) is 5.13 Å². The van der Waals surface area contributed by atoms with Crippen molar-refractivity contribution < 1.29 is 9.47 Å². The highest BCUT2D eigenvalue weighted by atomic mass is 32.2. The number of methoxy groups -OCH3 is 2. The lowest BCUT2D eigenvalue weighted by Crippen LogP contribution is -1.98. The predicted molar refractivity (Wildman–Crippen MR) is 109 cm³/mol. The first-order valence-electron chi connectivity index (χ1n) is 8.10. The molecule has 0 atom stereocenters. The van der Waals surface area contributed by atoms with Gasteiger partial charge in [-0.1, -0.05) is 30.0 Å². The van der Waals surface area contributed by atoms with Gasteiger partial charge in [0.05, 0.1) is 25.5 Å². The third kappa shape index (κ3) is 4.66. The van der Waals surface area contributed by atoms with E-state index < -0.39 is 0 Å². The van der Waals surface area contributed by atoms with Crippen molar-refractivity contribution in [2.75, 3.05) is 26.1 Å². The quantitative estimate of drug-likeness (QED) is 0.510. The Hall–Kier alpha value is -1.84. The lowest BCUT2D eigenvalue weighted by Gasteiger charge is -2.08. The Morgan fingerprint density at radius 1 is 1.19 bits per heavy atom. The zero-order chi connectivity index (χ0) is 18.4. The number of nitrogens with zero attached hydrogens (tertiary/aromatic N) is 3. The van der Waals surface area contributed by atoms with Crippen molar-refractivity contribution >= 4 is 39.6 Å². The number of thioether (sulfide) groups is 1. The second-order valence-electron chi connectivity index (χ2n) is 5.30. The average molecular weight is 409 g/mol. The molecule has 0 aliphatic carbocycles. The number of aromatic nitrogens is 3. The van der Waals surface area contributed by atoms with E-state index in [0.717, 1.165) is 56.0 Å². The van der Waals surface area contributed by atoms with E-state index in [1.165, 1.54) is 0 Å². The molecule has 0 unspecified atom stereocenters. The van der Waals surface area contributed by atoms with Crippen LogP contribution in [0.25, 0.3) is 10.6 Å². The minimum atomic E-state index is 0.758. The van der Waals surface area contributed by atoms with Crippen molar-refractivity contribution in [3.8, 4) is 22.1 Å². The van der Waals surface area contributed by atoms with Crippen LogP contribution in [0.2, 0.25) is 0 Å². The molecule has 0 saturated heterocycles. The summed E-state index contributed by atoms with van der Waals surface area (Å²) in [6.07, 6.45) is 1.07. The molecule has 3 aromatic rings. The zero-order valence-electron chi connectivity index (χ0n) is 14.8. The molecule has 3 rings (SSSR count). The highest BCUT2D eigenvalue weighted by Crippen LogP contribution is 2.36. The molecule has 138 valence electrons. The maximum absolute atomic E-state index is 5.47. The van der Waals surface area contributed by atoms with Crippen molar-refractivity contribution in [1.82, 2.24) is 15.2 Å². The van der Waals surface area contributed by atoms with E-state index in [1.807, 2.05) is 18.2 Å². The minimum Gasteiger partial charge on any atom is -0.497 e. The normalized spacial score (nSPS) is 10.7. The minimum absolute atomic E-state index is 0.758. The Morgan fingerprint density at radius 2 is 2.08 bits per heavy atom. The van der Waals surface area contributed by atoms with Gasteiger partial charge in [-0.2, -0.15) is 0 Å². The second kappa shape index (κ2) is 9.20. The first-order chi connectivity index (χ1) is 12.7. The van der Waals surface area contributed by atoms with Gasteiger partial charge >= 0.3 is 0 Å². The Kier molecular flexibility index (Phi) is 6.70. The van der Waals surface area contributed by atoms with Crippen LogP contribution in [0.1, 0.15) is 19.0 Å². The lowest BCUT2D eigenvalue weighted by atomic mass is 10.2. The molecule has 0 amide bonds. The Labute approximate surface area is 165 Å². The molecule has 0 fully saturated rings. The molecule has 0 aliphatic rings. The number of nitrogens with one attached hydrogen (secondary N) is 1. The molecule has 26 heavy (non-hydrogen) atoms. The van der Waals surface area contributed by atoms with Gasteiger partial charge in [-0.3, -0.25) is 0 Å². The van der Waals surface area contributed by atoms with Crippen molar-refractivity contribution in [1.29, 1.82) is 0 Å². The summed E-state index contributed by atoms with van der Waals surface area (Å²) in [4.78, 5) is 4.73. The summed E-state index contributed by atoms with van der Waals surface area (Å²) < 4.78 is 11.7. The van der Waals surface area contributed by atoms with Crippen LogP contribution >= 0.6 is 34.4 Å². The topological polar surface area (TPSA) is 69.2 Å². The highest BCUT2D eigenvalue weighted by molar-refractivity contribution is 8.00. The standard InChI is InChI=1S/C17H20N4O2S3/c1-4-7-18-16-20-21-17(26-16)25-10-11-9-24-15(19-11)13-6-5-12(22-2)8-14(13)23-3/h5-6,8-9H,4,7,10H2,1-3H3,(H,18,20). The van der Waals surface area contributed by atoms with Gasteiger partial charge in [-0.05, 0) is 18.6 Å². The fraction of sp³-hybridized carbons (Fsp3) is 0.353. The van der Waals surface area contributed by atoms with Crippen LogP contribution in [0, 0.1) is 0 Å². The summed E-state index contributed by atoms with van der Waals surface area (Å²) in [5, 5.41) is 15.5. The van der Waals surface area contributed by atoms with E-state index in [2.05, 4.69) is 27.8 Å². The number of rotatable bonds is 9. The monoisotopic (exact) mass is 408 g/mol. The van der Waals surface area contributed by atoms with Gasteiger partial charge in [0.1, 0.15) is 16.5 Å². The molecule has 2 heterocycles. The summed E-state index contributed by atoms with van der Waals surface area (Å²) in [7, 11) is 3.30. The molecular weight excluding hydrogens is 388 g/mol. The van der Waals surface area contributed by atoms with Gasteiger partial charge in [0.15, 0.2) is 4.34 Å². The van der Waals surface area contributed by atoms with Crippen molar-refractivity contribution in [3.05, 3.63) is 29.3 Å². The third-order valence-corrected chi connectivity index (χ3v) is 6.44. The molecule has 1 aromatic carbocycles. The van der Waals surface area contributed by atoms with E-state index in [-0.39, 0.29) is 0 Å². The largest absolute Gasteiger partial charge is 0.497 e. The molecule has 0 aliphatic heterocycles. The smallest absolute Gasteiger partial charge is 0.206 e. The molecule has 9 heteroatoms. The van der Waals surface area contributed by atoms with E-state index in [4.69, 9.17) is 14.5 Å². The Bertz CT molecular complexity index is 850. The average Bonchev–Trinajstić information content (AvgIpc) is 3.33. The molecule has 0 spiro atoms. The molecule has 2 aromatic heterocycles. The molecular formula is C17H20N4O2S3. The van der Waals surface area contributed by atoms with Crippen LogP contribution in [-0.2, 0) is 5.75 Å². The van der Waals surface area contributed by atoms with Crippen LogP contribution in [-0.4, -0.2) is 35.9 Å². The summed E-state index contributed by atoms with van der Waals surface area (Å²) in [5.41, 5.74) is 1.99. The highest BCUT2D eigenvalue weighted by Gasteiger charge is 2.12. The van der Waals surface area contributed by atoms with Crippen LogP contribution < -0.4 is 14.8 Å². The second-order valence-corrected chi connectivity index (χ2v) is 8.36. The lowest BCUT2D eigenvalue weighted by molar-refractivity contribution is 0.395. The number of ether oxygens (including phenoxy) is 2. The Morgan fingerprint density at radius 3 is 2.85 bits per heavy atom. The van der Waals surface area contributed by atoms with Crippen LogP contribution in [0.4, 0.5) is 5.13 Å². The van der Waals surface area contributed by atoms with E-state index in [1.54, 1.807) is 48.7 Å². The number of hydrogen-bond acceptors (Lipinski definition) is 9. The van der Waals surface area contributed by atoms with E-state index in [9.17, 15) is 0 Å². The number of thiazole rings is 1. The van der Waals surface area contributed by atoms with Crippen LogP contribution in [0.5, 0.6) is 11.5 Å². The molecule has 6 nitrogen and oxygen atoms in total. The number of hydrogen-bond donors (Lipinski definition) is 1. The summed E-state index contributed by atoms with van der Waals surface area (Å²) in [5.74, 6) is 2.28. The van der Waals surface area contributed by atoms with Gasteiger partial charge in [0, 0.05) is 23.7 Å².